The van der Waals surface area contributed by atoms with E-state index >= 15 is 0 Å². The molecule has 0 radical (unpaired) electrons. The van der Waals surface area contributed by atoms with Crippen LogP contribution >= 0.6 is 11.8 Å². The second-order valence-corrected chi connectivity index (χ2v) is 5.57. The molecule has 2 heteroatoms. The second kappa shape index (κ2) is 8.47. The van der Waals surface area contributed by atoms with Crippen molar-refractivity contribution in [3.63, 3.8) is 0 Å². The van der Waals surface area contributed by atoms with Gasteiger partial charge in [-0.2, -0.15) is 0 Å². The summed E-state index contributed by atoms with van der Waals surface area (Å²) < 4.78 is 0. The van der Waals surface area contributed by atoms with Gasteiger partial charge in [0.2, 0.25) is 0 Å². The summed E-state index contributed by atoms with van der Waals surface area (Å²) in [6, 6.07) is 0. The van der Waals surface area contributed by atoms with Crippen LogP contribution in [0.15, 0.2) is 34.9 Å². The van der Waals surface area contributed by atoms with Crippen molar-refractivity contribution < 1.29 is 0 Å². The molecule has 0 unspecified atom stereocenters. The molecule has 0 aromatic carbocycles. The van der Waals surface area contributed by atoms with E-state index in [9.17, 15) is 0 Å². The molecule has 2 aliphatic rings. The monoisotopic (exact) mass is 265 g/mol. The van der Waals surface area contributed by atoms with E-state index in [1.54, 1.807) is 0 Å². The highest BCUT2D eigenvalue weighted by molar-refractivity contribution is 8.02. The molecule has 102 valence electrons. The van der Waals surface area contributed by atoms with Crippen molar-refractivity contribution in [3.05, 3.63) is 34.9 Å². The minimum Gasteiger partial charge on any atom is -0.372 e. The van der Waals surface area contributed by atoms with Crippen molar-refractivity contribution in [2.75, 3.05) is 19.3 Å². The molecule has 18 heavy (non-hydrogen) atoms. The van der Waals surface area contributed by atoms with Crippen LogP contribution in [0.3, 0.4) is 0 Å². The van der Waals surface area contributed by atoms with Gasteiger partial charge in [-0.05, 0) is 37.5 Å². The predicted octanol–water partition coefficient (Wildman–Crippen LogP) is 4.84. The van der Waals surface area contributed by atoms with Crippen molar-refractivity contribution in [2.24, 2.45) is 5.92 Å². The van der Waals surface area contributed by atoms with Crippen molar-refractivity contribution in [3.8, 4) is 0 Å². The van der Waals surface area contributed by atoms with E-state index in [0.29, 0.717) is 0 Å². The van der Waals surface area contributed by atoms with Gasteiger partial charge in [0, 0.05) is 23.7 Å². The topological polar surface area (TPSA) is 3.24 Å². The van der Waals surface area contributed by atoms with Crippen LogP contribution < -0.4 is 0 Å². The number of allylic oxidation sites excluding steroid dienone is 4. The number of hydrogen-bond acceptors (Lipinski definition) is 2. The minimum absolute atomic E-state index is 0.907. The van der Waals surface area contributed by atoms with Crippen molar-refractivity contribution in [2.45, 2.75) is 40.0 Å². The molecule has 0 spiro atoms. The van der Waals surface area contributed by atoms with Gasteiger partial charge in [-0.1, -0.05) is 39.0 Å². The van der Waals surface area contributed by atoms with E-state index in [1.807, 2.05) is 25.6 Å². The molecular weight excluding hydrogens is 238 g/mol. The number of nitrogens with zero attached hydrogens (tertiary/aromatic N) is 1. The van der Waals surface area contributed by atoms with Crippen LogP contribution in [0, 0.1) is 5.92 Å². The smallest absolute Gasteiger partial charge is 0.0340 e. The van der Waals surface area contributed by atoms with Gasteiger partial charge in [0.25, 0.3) is 0 Å². The summed E-state index contributed by atoms with van der Waals surface area (Å²) in [6.07, 6.45) is 15.1. The molecule has 0 atom stereocenters. The summed E-state index contributed by atoms with van der Waals surface area (Å²) in [6.45, 7) is 8.82. The van der Waals surface area contributed by atoms with Gasteiger partial charge in [-0.25, -0.2) is 0 Å². The molecule has 1 fully saturated rings. The van der Waals surface area contributed by atoms with Crippen molar-refractivity contribution in [1.82, 2.24) is 4.90 Å². The summed E-state index contributed by atoms with van der Waals surface area (Å²) >= 11 is 1.83. The number of hydrogen-bond donors (Lipinski definition) is 0. The Kier molecular flexibility index (Phi) is 7.26. The van der Waals surface area contributed by atoms with Crippen molar-refractivity contribution >= 4 is 11.8 Å². The molecule has 1 aliphatic heterocycles. The lowest BCUT2D eigenvalue weighted by atomic mass is 9.99. The fraction of sp³-hybridized carbons (Fsp3) is 0.625. The molecular formula is C16H27NS. The van der Waals surface area contributed by atoms with E-state index in [2.05, 4.69) is 42.4 Å². The van der Waals surface area contributed by atoms with Gasteiger partial charge in [-0.3, -0.25) is 0 Å². The largest absolute Gasteiger partial charge is 0.372 e. The van der Waals surface area contributed by atoms with E-state index in [4.69, 9.17) is 0 Å². The Hall–Kier alpha value is -0.630. The lowest BCUT2D eigenvalue weighted by molar-refractivity contribution is 0.243. The van der Waals surface area contributed by atoms with Crippen LogP contribution in [0.4, 0.5) is 0 Å². The first-order valence-corrected chi connectivity index (χ1v) is 8.39. The Balaban J connectivity index is 0.000000771. The minimum atomic E-state index is 0.907. The van der Waals surface area contributed by atoms with Crippen LogP contribution in [0.25, 0.3) is 0 Å². The summed E-state index contributed by atoms with van der Waals surface area (Å²) in [5.74, 6) is 0.907. The zero-order chi connectivity index (χ0) is 13.4. The normalized spacial score (nSPS) is 20.6. The molecule has 1 heterocycles. The van der Waals surface area contributed by atoms with Gasteiger partial charge in [0.15, 0.2) is 0 Å². The van der Waals surface area contributed by atoms with E-state index in [0.717, 1.165) is 12.3 Å². The summed E-state index contributed by atoms with van der Waals surface area (Å²) in [5, 5.41) is 0. The average Bonchev–Trinajstić information content (AvgIpc) is 2.67. The first-order valence-electron chi connectivity index (χ1n) is 7.17. The third-order valence-electron chi connectivity index (χ3n) is 3.42. The highest BCUT2D eigenvalue weighted by Crippen LogP contribution is 2.25. The molecule has 0 aromatic rings. The molecule has 0 N–H and O–H groups in total. The molecule has 0 saturated carbocycles. The lowest BCUT2D eigenvalue weighted by Crippen LogP contribution is -2.31. The third-order valence-corrected chi connectivity index (χ3v) is 4.15. The van der Waals surface area contributed by atoms with Gasteiger partial charge in [0.1, 0.15) is 0 Å². The quantitative estimate of drug-likeness (QED) is 0.703. The molecule has 1 aliphatic carbocycles. The van der Waals surface area contributed by atoms with Gasteiger partial charge in [0.05, 0.1) is 0 Å². The Morgan fingerprint density at radius 2 is 1.89 bits per heavy atom. The SMILES string of the molecule is CC.CSC1=CC(N2CCC(C)CC2)=CCC=C1. The highest BCUT2D eigenvalue weighted by Gasteiger charge is 2.17. The fourth-order valence-electron chi connectivity index (χ4n) is 2.24. The maximum atomic E-state index is 2.54. The zero-order valence-electron chi connectivity index (χ0n) is 12.3. The number of piperidine rings is 1. The maximum absolute atomic E-state index is 2.54. The van der Waals surface area contributed by atoms with Crippen LogP contribution in [0.5, 0.6) is 0 Å². The molecule has 1 saturated heterocycles. The first-order chi connectivity index (χ1) is 8.79. The van der Waals surface area contributed by atoms with Crippen molar-refractivity contribution in [1.29, 1.82) is 0 Å². The van der Waals surface area contributed by atoms with Crippen LogP contribution in [-0.2, 0) is 0 Å². The van der Waals surface area contributed by atoms with Crippen LogP contribution in [0.1, 0.15) is 40.0 Å². The van der Waals surface area contributed by atoms with E-state index in [-0.39, 0.29) is 0 Å². The number of thioether (sulfide) groups is 1. The Morgan fingerprint density at radius 1 is 1.22 bits per heavy atom. The summed E-state index contributed by atoms with van der Waals surface area (Å²) in [7, 11) is 0. The average molecular weight is 265 g/mol. The summed E-state index contributed by atoms with van der Waals surface area (Å²) in [4.78, 5) is 3.92. The highest BCUT2D eigenvalue weighted by atomic mass is 32.2. The Morgan fingerprint density at radius 3 is 2.50 bits per heavy atom. The maximum Gasteiger partial charge on any atom is 0.0340 e. The summed E-state index contributed by atoms with van der Waals surface area (Å²) in [5.41, 5.74) is 1.43. The van der Waals surface area contributed by atoms with Crippen LogP contribution in [0.2, 0.25) is 0 Å². The van der Waals surface area contributed by atoms with Gasteiger partial charge < -0.3 is 4.90 Å². The molecule has 0 bridgehead atoms. The van der Waals surface area contributed by atoms with E-state index < -0.39 is 0 Å². The molecule has 2 rings (SSSR count). The number of rotatable bonds is 2. The third kappa shape index (κ3) is 4.56. The van der Waals surface area contributed by atoms with Gasteiger partial charge >= 0.3 is 0 Å². The number of likely N-dealkylation sites (tertiary alicyclic amines) is 1. The molecule has 0 aromatic heterocycles. The van der Waals surface area contributed by atoms with E-state index in [1.165, 1.54) is 36.5 Å². The Bertz CT molecular complexity index is 320. The predicted molar refractivity (Wildman–Crippen MR) is 84.8 cm³/mol. The van der Waals surface area contributed by atoms with Gasteiger partial charge in [-0.15, -0.1) is 11.8 Å². The fourth-order valence-corrected chi connectivity index (χ4v) is 2.71. The molecule has 0 amide bonds. The standard InChI is InChI=1S/C14H21NS.C2H6/c1-12-7-9-15(10-8-12)13-5-3-4-6-14(11-13)16-2;1-2/h4-6,11-12H,3,7-10H2,1-2H3;1-2H3. The Labute approximate surface area is 117 Å². The first kappa shape index (κ1) is 15.4. The second-order valence-electron chi connectivity index (χ2n) is 4.69. The lowest BCUT2D eigenvalue weighted by Gasteiger charge is -2.33. The van der Waals surface area contributed by atoms with Crippen LogP contribution in [-0.4, -0.2) is 24.2 Å². The zero-order valence-corrected chi connectivity index (χ0v) is 13.1. The molecule has 1 nitrogen and oxygen atoms in total.